The summed E-state index contributed by atoms with van der Waals surface area (Å²) in [6.07, 6.45) is 5.11. The minimum Gasteiger partial charge on any atom is -0.301 e. The molecule has 0 aliphatic carbocycles. The van der Waals surface area contributed by atoms with Crippen LogP contribution < -0.4 is 5.56 Å². The monoisotopic (exact) mass is 234 g/mol. The number of hydrogen-bond donors (Lipinski definition) is 1. The van der Waals surface area contributed by atoms with Crippen LogP contribution in [0.15, 0.2) is 28.4 Å². The summed E-state index contributed by atoms with van der Waals surface area (Å²) in [6.45, 7) is 1.86. The van der Waals surface area contributed by atoms with Gasteiger partial charge < -0.3 is 4.98 Å². The Bertz CT molecular complexity index is 549. The molecule has 0 bridgehead atoms. The van der Waals surface area contributed by atoms with E-state index in [1.807, 2.05) is 13.2 Å². The fraction of sp³-hybridized carbons (Fsp3) is 0.200. The van der Waals surface area contributed by atoms with Crippen LogP contribution in [0.25, 0.3) is 11.4 Å². The largest absolute Gasteiger partial charge is 0.301 e. The molecule has 0 spiro atoms. The van der Waals surface area contributed by atoms with E-state index in [0.717, 1.165) is 5.69 Å². The number of H-pyrrole nitrogens is 1. The van der Waals surface area contributed by atoms with E-state index in [2.05, 4.69) is 19.9 Å². The first-order valence-electron chi connectivity index (χ1n) is 4.63. The van der Waals surface area contributed by atoms with Gasteiger partial charge in [-0.25, -0.2) is 4.98 Å². The van der Waals surface area contributed by atoms with Gasteiger partial charge in [0.2, 0.25) is 0 Å². The highest BCUT2D eigenvalue weighted by molar-refractivity contribution is 7.98. The summed E-state index contributed by atoms with van der Waals surface area (Å²) in [5, 5.41) is 0.574. The molecule has 2 aromatic heterocycles. The maximum atomic E-state index is 11.4. The molecule has 0 amide bonds. The topological polar surface area (TPSA) is 71.5 Å². The lowest BCUT2D eigenvalue weighted by molar-refractivity contribution is 0.938. The zero-order valence-electron chi connectivity index (χ0n) is 8.89. The molecule has 0 atom stereocenters. The third kappa shape index (κ3) is 2.27. The van der Waals surface area contributed by atoms with E-state index in [9.17, 15) is 4.79 Å². The molecular formula is C10H10N4OS. The van der Waals surface area contributed by atoms with E-state index in [1.165, 1.54) is 17.8 Å². The minimum absolute atomic E-state index is 0.184. The predicted octanol–water partition coefficient (Wildman–Crippen LogP) is 1.26. The minimum atomic E-state index is -0.184. The van der Waals surface area contributed by atoms with Gasteiger partial charge in [0.15, 0.2) is 5.16 Å². The smallest absolute Gasteiger partial charge is 0.252 e. The number of aromatic amines is 1. The lowest BCUT2D eigenvalue weighted by Gasteiger charge is -2.01. The Kier molecular flexibility index (Phi) is 3.00. The fourth-order valence-electron chi connectivity index (χ4n) is 1.19. The molecule has 16 heavy (non-hydrogen) atoms. The van der Waals surface area contributed by atoms with Crippen LogP contribution in [0.1, 0.15) is 5.69 Å². The van der Waals surface area contributed by atoms with Crippen molar-refractivity contribution in [2.45, 2.75) is 12.1 Å². The Balaban J connectivity index is 2.51. The number of aryl methyl sites for hydroxylation is 1. The number of nitrogens with zero attached hydrogens (tertiary/aromatic N) is 3. The molecule has 0 fully saturated rings. The molecule has 0 aromatic carbocycles. The molecule has 0 aliphatic heterocycles. The number of nitrogens with one attached hydrogen (secondary N) is 1. The van der Waals surface area contributed by atoms with Gasteiger partial charge in [-0.2, -0.15) is 0 Å². The second-order valence-electron chi connectivity index (χ2n) is 3.18. The van der Waals surface area contributed by atoms with Crippen molar-refractivity contribution in [3.63, 3.8) is 0 Å². The first-order valence-corrected chi connectivity index (χ1v) is 5.86. The lowest BCUT2D eigenvalue weighted by Crippen LogP contribution is -2.08. The highest BCUT2D eigenvalue weighted by atomic mass is 32.2. The van der Waals surface area contributed by atoms with Gasteiger partial charge in [-0.05, 0) is 13.2 Å². The zero-order chi connectivity index (χ0) is 11.5. The highest BCUT2D eigenvalue weighted by Crippen LogP contribution is 2.14. The van der Waals surface area contributed by atoms with E-state index in [0.29, 0.717) is 16.5 Å². The number of aromatic nitrogens is 4. The molecule has 5 nitrogen and oxygen atoms in total. The molecule has 6 heteroatoms. The summed E-state index contributed by atoms with van der Waals surface area (Å²) in [5.41, 5.74) is 1.79. The molecule has 82 valence electrons. The predicted molar refractivity (Wildman–Crippen MR) is 62.4 cm³/mol. The van der Waals surface area contributed by atoms with Crippen LogP contribution in [0.3, 0.4) is 0 Å². The average Bonchev–Trinajstić information content (AvgIpc) is 2.29. The summed E-state index contributed by atoms with van der Waals surface area (Å²) >= 11 is 1.38. The van der Waals surface area contributed by atoms with E-state index in [1.54, 1.807) is 12.4 Å². The first kappa shape index (κ1) is 10.8. The summed E-state index contributed by atoms with van der Waals surface area (Å²) in [4.78, 5) is 26.5. The van der Waals surface area contributed by atoms with E-state index in [-0.39, 0.29) is 5.56 Å². The molecule has 0 saturated heterocycles. The summed E-state index contributed by atoms with van der Waals surface area (Å²) in [5.74, 6) is 0. The quantitative estimate of drug-likeness (QED) is 0.625. The van der Waals surface area contributed by atoms with E-state index < -0.39 is 0 Å². The van der Waals surface area contributed by atoms with Crippen molar-refractivity contribution in [1.29, 1.82) is 0 Å². The summed E-state index contributed by atoms with van der Waals surface area (Å²) in [6, 6.07) is 1.42. The van der Waals surface area contributed by atoms with Gasteiger partial charge in [0.25, 0.3) is 5.56 Å². The Labute approximate surface area is 96.4 Å². The van der Waals surface area contributed by atoms with Gasteiger partial charge in [-0.1, -0.05) is 11.8 Å². The van der Waals surface area contributed by atoms with Gasteiger partial charge in [0.05, 0.1) is 17.6 Å². The van der Waals surface area contributed by atoms with Crippen molar-refractivity contribution >= 4 is 11.8 Å². The Hall–Kier alpha value is -1.69. The maximum absolute atomic E-state index is 11.4. The average molecular weight is 234 g/mol. The van der Waals surface area contributed by atoms with Crippen molar-refractivity contribution in [1.82, 2.24) is 19.9 Å². The Morgan fingerprint density at radius 1 is 1.25 bits per heavy atom. The molecule has 1 N–H and O–H groups in total. The fourth-order valence-corrected chi connectivity index (χ4v) is 1.58. The van der Waals surface area contributed by atoms with E-state index in [4.69, 9.17) is 0 Å². The van der Waals surface area contributed by atoms with Crippen LogP contribution in [0.4, 0.5) is 0 Å². The second kappa shape index (κ2) is 4.44. The van der Waals surface area contributed by atoms with Crippen LogP contribution >= 0.6 is 11.8 Å². The number of rotatable bonds is 2. The standard InChI is InChI=1S/C10H10N4OS/c1-6-4-12-8(5-11-6)7-3-9(15)14-10(13-7)16-2/h3-5H,1-2H3,(H,13,14,15). The Morgan fingerprint density at radius 2 is 2.06 bits per heavy atom. The van der Waals surface area contributed by atoms with Gasteiger partial charge >= 0.3 is 0 Å². The van der Waals surface area contributed by atoms with Crippen LogP contribution in [0.5, 0.6) is 0 Å². The molecule has 2 aromatic rings. The van der Waals surface area contributed by atoms with Crippen LogP contribution in [-0.2, 0) is 0 Å². The van der Waals surface area contributed by atoms with Gasteiger partial charge in [-0.3, -0.25) is 14.8 Å². The molecule has 0 aliphatic rings. The molecule has 0 saturated carbocycles. The summed E-state index contributed by atoms with van der Waals surface area (Å²) in [7, 11) is 0. The second-order valence-corrected chi connectivity index (χ2v) is 3.98. The zero-order valence-corrected chi connectivity index (χ0v) is 9.71. The van der Waals surface area contributed by atoms with E-state index >= 15 is 0 Å². The van der Waals surface area contributed by atoms with Crippen molar-refractivity contribution < 1.29 is 0 Å². The third-order valence-corrected chi connectivity index (χ3v) is 2.54. The molecule has 0 radical (unpaired) electrons. The third-order valence-electron chi connectivity index (χ3n) is 1.96. The van der Waals surface area contributed by atoms with Crippen molar-refractivity contribution in [3.05, 3.63) is 34.5 Å². The molecule has 2 rings (SSSR count). The van der Waals surface area contributed by atoms with Crippen molar-refractivity contribution in [3.8, 4) is 11.4 Å². The normalized spacial score (nSPS) is 10.4. The maximum Gasteiger partial charge on any atom is 0.252 e. The molecule has 2 heterocycles. The van der Waals surface area contributed by atoms with Gasteiger partial charge in [0, 0.05) is 12.3 Å². The van der Waals surface area contributed by atoms with Crippen LogP contribution in [0, 0.1) is 6.92 Å². The lowest BCUT2D eigenvalue weighted by atomic mass is 10.3. The van der Waals surface area contributed by atoms with Crippen LogP contribution in [-0.4, -0.2) is 26.2 Å². The molecule has 0 unspecified atom stereocenters. The number of thioether (sulfide) groups is 1. The highest BCUT2D eigenvalue weighted by Gasteiger charge is 2.04. The van der Waals surface area contributed by atoms with Crippen LogP contribution in [0.2, 0.25) is 0 Å². The van der Waals surface area contributed by atoms with Gasteiger partial charge in [-0.15, -0.1) is 0 Å². The first-order chi connectivity index (χ1) is 7.69. The molecular weight excluding hydrogens is 224 g/mol. The van der Waals surface area contributed by atoms with Crippen molar-refractivity contribution in [2.75, 3.05) is 6.26 Å². The van der Waals surface area contributed by atoms with Crippen molar-refractivity contribution in [2.24, 2.45) is 0 Å². The SMILES string of the molecule is CSc1nc(-c2cnc(C)cn2)cc(=O)[nH]1. The number of hydrogen-bond acceptors (Lipinski definition) is 5. The van der Waals surface area contributed by atoms with Gasteiger partial charge in [0.1, 0.15) is 5.69 Å². The summed E-state index contributed by atoms with van der Waals surface area (Å²) < 4.78 is 0. The Morgan fingerprint density at radius 3 is 2.69 bits per heavy atom.